The Morgan fingerprint density at radius 2 is 2.38 bits per heavy atom. The van der Waals surface area contributed by atoms with Crippen LogP contribution in [0.5, 0.6) is 0 Å². The van der Waals surface area contributed by atoms with E-state index in [9.17, 15) is 14.7 Å². The maximum Gasteiger partial charge on any atom is 0.317 e. The fraction of sp³-hybridized carbons (Fsp3) is 0.643. The fourth-order valence-electron chi connectivity index (χ4n) is 3.65. The van der Waals surface area contributed by atoms with Crippen molar-refractivity contribution in [3.8, 4) is 0 Å². The molecule has 0 aromatic carbocycles. The number of hydrogen-bond donors (Lipinski definition) is 2. The minimum Gasteiger partial charge on any atom is -0.481 e. The number of carboxylic acids is 1. The van der Waals surface area contributed by atoms with Gasteiger partial charge in [-0.1, -0.05) is 6.42 Å². The van der Waals surface area contributed by atoms with Crippen LogP contribution in [0.15, 0.2) is 12.4 Å². The zero-order chi connectivity index (χ0) is 15.0. The van der Waals surface area contributed by atoms with Crippen LogP contribution in [-0.4, -0.2) is 44.9 Å². The van der Waals surface area contributed by atoms with Gasteiger partial charge in [0.2, 0.25) is 0 Å². The van der Waals surface area contributed by atoms with Crippen molar-refractivity contribution in [1.82, 2.24) is 20.0 Å². The molecule has 0 unspecified atom stereocenters. The Bertz CT molecular complexity index is 570. The van der Waals surface area contributed by atoms with E-state index in [0.717, 1.165) is 18.4 Å². The average Bonchev–Trinajstić information content (AvgIpc) is 3.09. The van der Waals surface area contributed by atoms with Gasteiger partial charge in [-0.25, -0.2) is 4.79 Å². The Morgan fingerprint density at radius 1 is 1.57 bits per heavy atom. The highest BCUT2D eigenvalue weighted by atomic mass is 16.4. The molecule has 2 fully saturated rings. The number of rotatable bonds is 3. The second-order valence-electron chi connectivity index (χ2n) is 6.11. The summed E-state index contributed by atoms with van der Waals surface area (Å²) in [5, 5.41) is 16.4. The third kappa shape index (κ3) is 2.36. The van der Waals surface area contributed by atoms with Crippen molar-refractivity contribution in [2.75, 3.05) is 13.1 Å². The van der Waals surface area contributed by atoms with Crippen molar-refractivity contribution < 1.29 is 14.7 Å². The van der Waals surface area contributed by atoms with Crippen molar-refractivity contribution in [3.05, 3.63) is 18.0 Å². The second-order valence-corrected chi connectivity index (χ2v) is 6.11. The van der Waals surface area contributed by atoms with Gasteiger partial charge in [-0.05, 0) is 18.8 Å². The Labute approximate surface area is 122 Å². The van der Waals surface area contributed by atoms with Crippen molar-refractivity contribution in [1.29, 1.82) is 0 Å². The Hall–Kier alpha value is -2.05. The molecule has 0 bridgehead atoms. The van der Waals surface area contributed by atoms with Crippen molar-refractivity contribution in [3.63, 3.8) is 0 Å². The number of likely N-dealkylation sites (tertiary alicyclic amines) is 1. The van der Waals surface area contributed by atoms with Crippen molar-refractivity contribution >= 4 is 12.0 Å². The van der Waals surface area contributed by atoms with Gasteiger partial charge in [0.1, 0.15) is 0 Å². The molecule has 1 saturated heterocycles. The molecule has 0 radical (unpaired) electrons. The van der Waals surface area contributed by atoms with Crippen LogP contribution >= 0.6 is 0 Å². The first-order valence-electron chi connectivity index (χ1n) is 7.25. The zero-order valence-electron chi connectivity index (χ0n) is 12.1. The summed E-state index contributed by atoms with van der Waals surface area (Å²) >= 11 is 0. The van der Waals surface area contributed by atoms with Gasteiger partial charge in [0.25, 0.3) is 0 Å². The van der Waals surface area contributed by atoms with E-state index < -0.39 is 11.4 Å². The summed E-state index contributed by atoms with van der Waals surface area (Å²) in [7, 11) is 1.82. The van der Waals surface area contributed by atoms with Crippen molar-refractivity contribution in [2.24, 2.45) is 18.4 Å². The summed E-state index contributed by atoms with van der Waals surface area (Å²) < 4.78 is 1.68. The number of carboxylic acid groups (broad SMARTS) is 1. The minimum atomic E-state index is -0.757. The fourth-order valence-corrected chi connectivity index (χ4v) is 3.65. The van der Waals surface area contributed by atoms with E-state index >= 15 is 0 Å². The third-order valence-electron chi connectivity index (χ3n) is 4.79. The summed E-state index contributed by atoms with van der Waals surface area (Å²) in [5.41, 5.74) is 0.212. The molecular weight excluding hydrogens is 272 g/mol. The molecule has 114 valence electrons. The van der Waals surface area contributed by atoms with Crippen LogP contribution in [0.2, 0.25) is 0 Å². The molecule has 2 amide bonds. The molecule has 1 aliphatic heterocycles. The molecular formula is C14H20N4O3. The number of aliphatic carboxylic acids is 1. The van der Waals surface area contributed by atoms with Crippen LogP contribution in [0.25, 0.3) is 0 Å². The number of nitrogens with zero attached hydrogens (tertiary/aromatic N) is 3. The molecule has 7 nitrogen and oxygen atoms in total. The van der Waals surface area contributed by atoms with Gasteiger partial charge in [-0.2, -0.15) is 5.10 Å². The molecule has 1 aliphatic carbocycles. The highest BCUT2D eigenvalue weighted by Crippen LogP contribution is 2.48. The zero-order valence-corrected chi connectivity index (χ0v) is 12.1. The summed E-state index contributed by atoms with van der Waals surface area (Å²) in [6.07, 6.45) is 6.08. The Balaban J connectivity index is 1.61. The summed E-state index contributed by atoms with van der Waals surface area (Å²) in [6.45, 7) is 1.28. The molecule has 0 spiro atoms. The Kier molecular flexibility index (Phi) is 3.35. The molecule has 2 heterocycles. The molecule has 21 heavy (non-hydrogen) atoms. The Morgan fingerprint density at radius 3 is 3.00 bits per heavy atom. The lowest BCUT2D eigenvalue weighted by Gasteiger charge is -2.23. The maximum absolute atomic E-state index is 12.2. The number of aryl methyl sites for hydroxylation is 1. The van der Waals surface area contributed by atoms with E-state index in [0.29, 0.717) is 26.1 Å². The van der Waals surface area contributed by atoms with Crippen LogP contribution in [-0.2, 0) is 18.4 Å². The van der Waals surface area contributed by atoms with Gasteiger partial charge < -0.3 is 15.3 Å². The van der Waals surface area contributed by atoms with Gasteiger partial charge in [-0.3, -0.25) is 9.48 Å². The predicted octanol–water partition coefficient (Wildman–Crippen LogP) is 0.816. The second kappa shape index (κ2) is 5.05. The quantitative estimate of drug-likeness (QED) is 0.863. The largest absolute Gasteiger partial charge is 0.481 e. The van der Waals surface area contributed by atoms with E-state index in [1.807, 2.05) is 13.2 Å². The van der Waals surface area contributed by atoms with Gasteiger partial charge in [0.15, 0.2) is 0 Å². The van der Waals surface area contributed by atoms with E-state index in [2.05, 4.69) is 10.4 Å². The van der Waals surface area contributed by atoms with E-state index in [-0.39, 0.29) is 11.9 Å². The third-order valence-corrected chi connectivity index (χ3v) is 4.79. The van der Waals surface area contributed by atoms with Crippen LogP contribution < -0.4 is 5.32 Å². The summed E-state index contributed by atoms with van der Waals surface area (Å²) in [6, 6.07) is -0.186. The summed E-state index contributed by atoms with van der Waals surface area (Å²) in [4.78, 5) is 25.4. The molecule has 2 atom stereocenters. The molecule has 2 aliphatic rings. The highest BCUT2D eigenvalue weighted by molar-refractivity contribution is 5.80. The lowest BCUT2D eigenvalue weighted by Crippen LogP contribution is -2.41. The van der Waals surface area contributed by atoms with Gasteiger partial charge >= 0.3 is 12.0 Å². The first-order chi connectivity index (χ1) is 10.0. The lowest BCUT2D eigenvalue weighted by atomic mass is 9.81. The minimum absolute atomic E-state index is 0.0964. The number of carbonyl (C=O) groups is 2. The number of carbonyl (C=O) groups excluding carboxylic acids is 1. The molecule has 1 aromatic heterocycles. The topological polar surface area (TPSA) is 87.5 Å². The molecule has 1 saturated carbocycles. The predicted molar refractivity (Wildman–Crippen MR) is 74.4 cm³/mol. The number of amides is 2. The van der Waals surface area contributed by atoms with E-state index in [1.54, 1.807) is 15.8 Å². The maximum atomic E-state index is 12.2. The monoisotopic (exact) mass is 292 g/mol. The number of aromatic nitrogens is 2. The average molecular weight is 292 g/mol. The smallest absolute Gasteiger partial charge is 0.317 e. The molecule has 1 aromatic rings. The van der Waals surface area contributed by atoms with Crippen LogP contribution in [0.4, 0.5) is 4.79 Å². The van der Waals surface area contributed by atoms with Crippen molar-refractivity contribution in [2.45, 2.75) is 25.8 Å². The lowest BCUT2D eigenvalue weighted by molar-refractivity contribution is -0.149. The first kappa shape index (κ1) is 13.9. The van der Waals surface area contributed by atoms with Gasteiger partial charge in [-0.15, -0.1) is 0 Å². The normalized spacial score (nSPS) is 27.7. The van der Waals surface area contributed by atoms with Crippen LogP contribution in [0.1, 0.15) is 24.8 Å². The number of nitrogens with one attached hydrogen (secondary N) is 1. The standard InChI is InChI=1S/C14H20N4O3/c1-17-7-10(6-16-17)5-15-13(21)18-8-11-3-2-4-14(11,9-18)12(19)20/h6-7,11H,2-5,8-9H2,1H3,(H,15,21)(H,19,20)/t11-,14+/m0/s1. The van der Waals surface area contributed by atoms with Crippen LogP contribution in [0, 0.1) is 11.3 Å². The van der Waals surface area contributed by atoms with E-state index in [1.165, 1.54) is 0 Å². The first-order valence-corrected chi connectivity index (χ1v) is 7.25. The van der Waals surface area contributed by atoms with E-state index in [4.69, 9.17) is 0 Å². The van der Waals surface area contributed by atoms with Gasteiger partial charge in [0.05, 0.1) is 11.6 Å². The molecule has 7 heteroatoms. The molecule has 3 rings (SSSR count). The van der Waals surface area contributed by atoms with Crippen LogP contribution in [0.3, 0.4) is 0 Å². The number of urea groups is 1. The van der Waals surface area contributed by atoms with Gasteiger partial charge in [0, 0.05) is 38.4 Å². The summed E-state index contributed by atoms with van der Waals surface area (Å²) in [5.74, 6) is -0.660. The highest BCUT2D eigenvalue weighted by Gasteiger charge is 2.55. The SMILES string of the molecule is Cn1cc(CNC(=O)N2C[C@@H]3CCC[C@@]3(C(=O)O)C2)cn1. The number of fused-ring (bicyclic) bond motifs is 1. The number of hydrogen-bond acceptors (Lipinski definition) is 3. The molecule has 2 N–H and O–H groups in total.